The molecule has 0 amide bonds. The smallest absolute Gasteiger partial charge is 0.322 e. The second-order valence-corrected chi connectivity index (χ2v) is 6.77. The SMILES string of the molecule is Cc1ncc(S(=O)(=O)N2CCCCC2C(=O)O)cc1C#N. The largest absolute Gasteiger partial charge is 0.480 e. The van der Waals surface area contributed by atoms with Crippen molar-refractivity contribution in [2.75, 3.05) is 6.54 Å². The minimum Gasteiger partial charge on any atom is -0.480 e. The Balaban J connectivity index is 2.46. The van der Waals surface area contributed by atoms with Crippen molar-refractivity contribution >= 4 is 16.0 Å². The highest BCUT2D eigenvalue weighted by atomic mass is 32.2. The molecule has 1 unspecified atom stereocenters. The highest BCUT2D eigenvalue weighted by molar-refractivity contribution is 7.89. The van der Waals surface area contributed by atoms with Gasteiger partial charge in [-0.25, -0.2) is 8.42 Å². The summed E-state index contributed by atoms with van der Waals surface area (Å²) in [7, 11) is -3.97. The number of rotatable bonds is 3. The third-order valence-corrected chi connectivity index (χ3v) is 5.40. The van der Waals surface area contributed by atoms with Gasteiger partial charge in [-0.05, 0) is 32.3 Å². The highest BCUT2D eigenvalue weighted by Gasteiger charge is 2.37. The van der Waals surface area contributed by atoms with E-state index in [1.165, 1.54) is 12.3 Å². The van der Waals surface area contributed by atoms with Gasteiger partial charge < -0.3 is 5.11 Å². The third kappa shape index (κ3) is 2.89. The lowest BCUT2D eigenvalue weighted by Gasteiger charge is -2.31. The molecule has 21 heavy (non-hydrogen) atoms. The summed E-state index contributed by atoms with van der Waals surface area (Å²) in [5, 5.41) is 18.2. The average Bonchev–Trinajstić information content (AvgIpc) is 2.47. The van der Waals surface area contributed by atoms with Gasteiger partial charge in [0.2, 0.25) is 10.0 Å². The molecule has 1 aromatic heterocycles. The lowest BCUT2D eigenvalue weighted by molar-refractivity contribution is -0.142. The van der Waals surface area contributed by atoms with Crippen LogP contribution < -0.4 is 0 Å². The van der Waals surface area contributed by atoms with Crippen molar-refractivity contribution in [1.29, 1.82) is 5.26 Å². The first-order valence-corrected chi connectivity index (χ1v) is 7.93. The van der Waals surface area contributed by atoms with Crippen molar-refractivity contribution in [1.82, 2.24) is 9.29 Å². The van der Waals surface area contributed by atoms with Gasteiger partial charge in [-0.1, -0.05) is 0 Å². The number of carboxylic acid groups (broad SMARTS) is 1. The summed E-state index contributed by atoms with van der Waals surface area (Å²) in [4.78, 5) is 15.0. The Morgan fingerprint density at radius 1 is 1.52 bits per heavy atom. The van der Waals surface area contributed by atoms with Crippen molar-refractivity contribution in [3.05, 3.63) is 23.5 Å². The Morgan fingerprint density at radius 2 is 2.24 bits per heavy atom. The Morgan fingerprint density at radius 3 is 2.86 bits per heavy atom. The minimum atomic E-state index is -3.97. The van der Waals surface area contributed by atoms with Gasteiger partial charge in [-0.3, -0.25) is 9.78 Å². The van der Waals surface area contributed by atoms with Gasteiger partial charge in [-0.15, -0.1) is 0 Å². The van der Waals surface area contributed by atoms with Crippen LogP contribution in [0.1, 0.15) is 30.5 Å². The maximum atomic E-state index is 12.6. The number of hydrogen-bond acceptors (Lipinski definition) is 5. The van der Waals surface area contributed by atoms with Crippen molar-refractivity contribution in [2.24, 2.45) is 0 Å². The topological polar surface area (TPSA) is 111 Å². The van der Waals surface area contributed by atoms with Crippen LogP contribution in [0.5, 0.6) is 0 Å². The summed E-state index contributed by atoms with van der Waals surface area (Å²) in [6, 6.07) is 2.06. The number of piperidine rings is 1. The van der Waals surface area contributed by atoms with Gasteiger partial charge >= 0.3 is 5.97 Å². The van der Waals surface area contributed by atoms with Crippen molar-refractivity contribution < 1.29 is 18.3 Å². The van der Waals surface area contributed by atoms with Crippen molar-refractivity contribution in [3.63, 3.8) is 0 Å². The summed E-state index contributed by atoms with van der Waals surface area (Å²) < 4.78 is 26.2. The molecule has 112 valence electrons. The van der Waals surface area contributed by atoms with Crippen LogP contribution in [0.25, 0.3) is 0 Å². The predicted octanol–water partition coefficient (Wildman–Crippen LogP) is 0.889. The first-order valence-electron chi connectivity index (χ1n) is 6.49. The molecule has 8 heteroatoms. The number of hydrogen-bond donors (Lipinski definition) is 1. The van der Waals surface area contributed by atoms with Gasteiger partial charge in [-0.2, -0.15) is 9.57 Å². The third-order valence-electron chi connectivity index (χ3n) is 3.53. The zero-order valence-electron chi connectivity index (χ0n) is 11.5. The van der Waals surface area contributed by atoms with E-state index >= 15 is 0 Å². The normalized spacial score (nSPS) is 19.9. The van der Waals surface area contributed by atoms with Crippen LogP contribution >= 0.6 is 0 Å². The van der Waals surface area contributed by atoms with E-state index in [-0.39, 0.29) is 17.0 Å². The zero-order valence-corrected chi connectivity index (χ0v) is 12.3. The molecule has 1 aliphatic rings. The average molecular weight is 309 g/mol. The van der Waals surface area contributed by atoms with E-state index in [4.69, 9.17) is 5.26 Å². The van der Waals surface area contributed by atoms with Crippen LogP contribution in [-0.4, -0.2) is 41.4 Å². The van der Waals surface area contributed by atoms with Gasteiger partial charge in [0.15, 0.2) is 0 Å². The molecule has 1 atom stereocenters. The molecule has 1 aliphatic heterocycles. The predicted molar refractivity (Wildman–Crippen MR) is 72.9 cm³/mol. The molecule has 1 saturated heterocycles. The van der Waals surface area contributed by atoms with Gasteiger partial charge in [0.25, 0.3) is 0 Å². The Bertz CT molecular complexity index is 709. The molecule has 1 N–H and O–H groups in total. The standard InChI is InChI=1S/C13H15N3O4S/c1-9-10(7-14)6-11(8-15-9)21(19,20)16-5-3-2-4-12(16)13(17)18/h6,8,12H,2-5H2,1H3,(H,17,18). The number of nitrogens with zero attached hydrogens (tertiary/aromatic N) is 3. The van der Waals surface area contributed by atoms with E-state index in [1.807, 2.05) is 6.07 Å². The van der Waals surface area contributed by atoms with Crippen LogP contribution in [0.15, 0.2) is 17.2 Å². The van der Waals surface area contributed by atoms with Gasteiger partial charge in [0.05, 0.1) is 11.3 Å². The summed E-state index contributed by atoms with van der Waals surface area (Å²) in [6.45, 7) is 1.77. The molecule has 0 bridgehead atoms. The number of aromatic nitrogens is 1. The molecule has 0 saturated carbocycles. The van der Waals surface area contributed by atoms with E-state index in [0.717, 1.165) is 4.31 Å². The van der Waals surface area contributed by atoms with Gasteiger partial charge in [0.1, 0.15) is 17.0 Å². The molecule has 0 aliphatic carbocycles. The summed E-state index contributed by atoms with van der Waals surface area (Å²) in [6.07, 6.45) is 2.75. The first-order chi connectivity index (χ1) is 9.87. The molecule has 0 radical (unpaired) electrons. The molecule has 2 heterocycles. The molecule has 0 spiro atoms. The second kappa shape index (κ2) is 5.79. The summed E-state index contributed by atoms with van der Waals surface area (Å²) >= 11 is 0. The molecular formula is C13H15N3O4S. The molecule has 2 rings (SSSR count). The van der Waals surface area contributed by atoms with Crippen LogP contribution in [0.2, 0.25) is 0 Å². The maximum Gasteiger partial charge on any atom is 0.322 e. The lowest BCUT2D eigenvalue weighted by Crippen LogP contribution is -2.47. The quantitative estimate of drug-likeness (QED) is 0.887. The minimum absolute atomic E-state index is 0.141. The Hall–Kier alpha value is -1.98. The van der Waals surface area contributed by atoms with Crippen LogP contribution in [-0.2, 0) is 14.8 Å². The van der Waals surface area contributed by atoms with Crippen LogP contribution in [0.3, 0.4) is 0 Å². The van der Waals surface area contributed by atoms with Crippen LogP contribution in [0.4, 0.5) is 0 Å². The Kier molecular flexibility index (Phi) is 4.25. The summed E-state index contributed by atoms with van der Waals surface area (Å²) in [5.41, 5.74) is 0.602. The second-order valence-electron chi connectivity index (χ2n) is 4.88. The number of aryl methyl sites for hydroxylation is 1. The number of nitriles is 1. The maximum absolute atomic E-state index is 12.6. The number of carbonyl (C=O) groups is 1. The fourth-order valence-electron chi connectivity index (χ4n) is 2.34. The van der Waals surface area contributed by atoms with Crippen molar-refractivity contribution in [3.8, 4) is 6.07 Å². The lowest BCUT2D eigenvalue weighted by atomic mass is 10.1. The zero-order chi connectivity index (χ0) is 15.6. The molecular weight excluding hydrogens is 294 g/mol. The van der Waals surface area contributed by atoms with Crippen LogP contribution in [0, 0.1) is 18.3 Å². The van der Waals surface area contributed by atoms with Gasteiger partial charge in [0, 0.05) is 12.7 Å². The van der Waals surface area contributed by atoms with E-state index in [0.29, 0.717) is 25.0 Å². The van der Waals surface area contributed by atoms with E-state index in [9.17, 15) is 18.3 Å². The molecule has 1 aromatic rings. The fraction of sp³-hybridized carbons (Fsp3) is 0.462. The number of pyridine rings is 1. The number of carboxylic acids is 1. The highest BCUT2D eigenvalue weighted by Crippen LogP contribution is 2.26. The first kappa shape index (κ1) is 15.4. The number of aliphatic carboxylic acids is 1. The molecule has 7 nitrogen and oxygen atoms in total. The molecule has 0 aromatic carbocycles. The number of sulfonamides is 1. The summed E-state index contributed by atoms with van der Waals surface area (Å²) in [5.74, 6) is -1.15. The monoisotopic (exact) mass is 309 g/mol. The van der Waals surface area contributed by atoms with E-state index < -0.39 is 22.0 Å². The Labute approximate surface area is 122 Å². The molecule has 1 fully saturated rings. The van der Waals surface area contributed by atoms with E-state index in [1.54, 1.807) is 6.92 Å². The van der Waals surface area contributed by atoms with E-state index in [2.05, 4.69) is 4.98 Å². The van der Waals surface area contributed by atoms with Crippen molar-refractivity contribution in [2.45, 2.75) is 37.1 Å². The fourth-order valence-corrected chi connectivity index (χ4v) is 3.97.